The van der Waals surface area contributed by atoms with Crippen molar-refractivity contribution in [2.75, 3.05) is 0 Å². The van der Waals surface area contributed by atoms with E-state index >= 15 is 0 Å². The first-order valence-electron chi connectivity index (χ1n) is 2.35. The highest BCUT2D eigenvalue weighted by molar-refractivity contribution is 7.78. The van der Waals surface area contributed by atoms with Gasteiger partial charge in [-0.1, -0.05) is 11.6 Å². The third-order valence-electron chi connectivity index (χ3n) is 0.852. The van der Waals surface area contributed by atoms with E-state index in [9.17, 15) is 4.21 Å². The minimum Gasteiger partial charge on any atom is -0.306 e. The molecule has 0 aliphatic carbocycles. The Balaban J connectivity index is 2.74. The van der Waals surface area contributed by atoms with Crippen LogP contribution in [0.2, 0.25) is 4.34 Å². The Kier molecular flexibility index (Phi) is 2.79. The number of thiazole rings is 1. The summed E-state index contributed by atoms with van der Waals surface area (Å²) in [6.07, 6.45) is 0. The summed E-state index contributed by atoms with van der Waals surface area (Å²) in [5, 5.41) is 0. The summed E-state index contributed by atoms with van der Waals surface area (Å²) < 4.78 is 19.2. The third kappa shape index (κ3) is 2.02. The SMILES string of the molecule is O=S(O)Cc1ncsc1Cl. The molecule has 56 valence electrons. The van der Waals surface area contributed by atoms with Crippen molar-refractivity contribution in [1.82, 2.24) is 4.98 Å². The minimum absolute atomic E-state index is 0.0162. The van der Waals surface area contributed by atoms with Crippen molar-refractivity contribution in [1.29, 1.82) is 0 Å². The van der Waals surface area contributed by atoms with Crippen molar-refractivity contribution in [2.24, 2.45) is 0 Å². The van der Waals surface area contributed by atoms with E-state index < -0.39 is 11.1 Å². The van der Waals surface area contributed by atoms with Crippen LogP contribution in [0.25, 0.3) is 0 Å². The standard InChI is InChI=1S/C4H4ClNO2S2/c5-4-3(1-10(7)8)6-2-9-4/h2H,1H2,(H,7,8). The summed E-state index contributed by atoms with van der Waals surface area (Å²) in [5.41, 5.74) is 2.04. The van der Waals surface area contributed by atoms with Gasteiger partial charge in [-0.25, -0.2) is 9.19 Å². The van der Waals surface area contributed by atoms with Crippen LogP contribution >= 0.6 is 22.9 Å². The van der Waals surface area contributed by atoms with Crippen LogP contribution in [0.1, 0.15) is 5.69 Å². The second-order valence-electron chi connectivity index (χ2n) is 1.54. The Morgan fingerprint density at radius 3 is 3.00 bits per heavy atom. The molecule has 1 N–H and O–H groups in total. The highest BCUT2D eigenvalue weighted by Crippen LogP contribution is 2.20. The maximum Gasteiger partial charge on any atom is 0.159 e. The largest absolute Gasteiger partial charge is 0.306 e. The zero-order valence-corrected chi connectivity index (χ0v) is 7.17. The third-order valence-corrected chi connectivity index (χ3v) is 2.51. The van der Waals surface area contributed by atoms with Gasteiger partial charge in [0, 0.05) is 0 Å². The fourth-order valence-electron chi connectivity index (χ4n) is 0.466. The highest BCUT2D eigenvalue weighted by atomic mass is 35.5. The molecule has 0 radical (unpaired) electrons. The van der Waals surface area contributed by atoms with Gasteiger partial charge in [-0.05, 0) is 0 Å². The van der Waals surface area contributed by atoms with Crippen LogP contribution in [-0.4, -0.2) is 13.7 Å². The molecule has 0 amide bonds. The van der Waals surface area contributed by atoms with E-state index in [-0.39, 0.29) is 5.75 Å². The lowest BCUT2D eigenvalue weighted by molar-refractivity contribution is 0.563. The van der Waals surface area contributed by atoms with Gasteiger partial charge in [0.1, 0.15) is 4.34 Å². The van der Waals surface area contributed by atoms with Gasteiger partial charge in [0.05, 0.1) is 17.0 Å². The first-order valence-corrected chi connectivity index (χ1v) is 4.89. The smallest absolute Gasteiger partial charge is 0.159 e. The molecule has 6 heteroatoms. The van der Waals surface area contributed by atoms with Crippen LogP contribution in [0.5, 0.6) is 0 Å². The van der Waals surface area contributed by atoms with Crippen LogP contribution in [-0.2, 0) is 16.8 Å². The predicted molar refractivity (Wildman–Crippen MR) is 41.6 cm³/mol. The van der Waals surface area contributed by atoms with Gasteiger partial charge in [-0.15, -0.1) is 11.3 Å². The highest BCUT2D eigenvalue weighted by Gasteiger charge is 2.05. The first-order chi connectivity index (χ1) is 4.70. The van der Waals surface area contributed by atoms with Crippen molar-refractivity contribution in [3.05, 3.63) is 15.5 Å². The van der Waals surface area contributed by atoms with E-state index in [1.54, 1.807) is 5.51 Å². The second kappa shape index (κ2) is 3.43. The van der Waals surface area contributed by atoms with Crippen molar-refractivity contribution in [2.45, 2.75) is 5.75 Å². The molecule has 0 aliphatic rings. The lowest BCUT2D eigenvalue weighted by Crippen LogP contribution is -1.92. The first kappa shape index (κ1) is 8.13. The average Bonchev–Trinajstić information content (AvgIpc) is 2.15. The molecule has 0 aliphatic heterocycles. The number of halogens is 1. The van der Waals surface area contributed by atoms with Gasteiger partial charge in [0.25, 0.3) is 0 Å². The van der Waals surface area contributed by atoms with E-state index in [2.05, 4.69) is 4.98 Å². The lowest BCUT2D eigenvalue weighted by Gasteiger charge is -1.88. The molecular formula is C4H4ClNO2S2. The van der Waals surface area contributed by atoms with E-state index in [0.717, 1.165) is 0 Å². The molecule has 10 heavy (non-hydrogen) atoms. The summed E-state index contributed by atoms with van der Waals surface area (Å²) in [6.45, 7) is 0. The minimum atomic E-state index is -1.85. The zero-order chi connectivity index (χ0) is 7.56. The molecule has 0 fully saturated rings. The van der Waals surface area contributed by atoms with Crippen molar-refractivity contribution < 1.29 is 8.76 Å². The second-order valence-corrected chi connectivity index (χ2v) is 3.93. The molecule has 0 saturated carbocycles. The van der Waals surface area contributed by atoms with Gasteiger partial charge in [0.2, 0.25) is 0 Å². The Morgan fingerprint density at radius 1 is 1.90 bits per heavy atom. The molecule has 0 spiro atoms. The average molecular weight is 198 g/mol. The number of nitrogens with zero attached hydrogens (tertiary/aromatic N) is 1. The summed E-state index contributed by atoms with van der Waals surface area (Å²) in [7, 11) is 0. The fraction of sp³-hybridized carbons (Fsp3) is 0.250. The molecule has 3 nitrogen and oxygen atoms in total. The van der Waals surface area contributed by atoms with E-state index in [1.807, 2.05) is 0 Å². The summed E-state index contributed by atoms with van der Waals surface area (Å²) in [4.78, 5) is 3.79. The molecular weight excluding hydrogens is 194 g/mol. The molecule has 1 unspecified atom stereocenters. The maximum absolute atomic E-state index is 10.2. The lowest BCUT2D eigenvalue weighted by atomic mass is 10.6. The van der Waals surface area contributed by atoms with E-state index in [1.165, 1.54) is 11.3 Å². The molecule has 1 aromatic rings. The number of hydrogen-bond acceptors (Lipinski definition) is 3. The van der Waals surface area contributed by atoms with Crippen LogP contribution in [0, 0.1) is 0 Å². The fourth-order valence-corrected chi connectivity index (χ4v) is 1.86. The van der Waals surface area contributed by atoms with Gasteiger partial charge >= 0.3 is 0 Å². The van der Waals surface area contributed by atoms with Crippen molar-refractivity contribution in [3.63, 3.8) is 0 Å². The normalized spacial score (nSPS) is 13.4. The Morgan fingerprint density at radius 2 is 2.60 bits per heavy atom. The van der Waals surface area contributed by atoms with Crippen molar-refractivity contribution >= 4 is 34.0 Å². The van der Waals surface area contributed by atoms with Gasteiger partial charge in [0.15, 0.2) is 11.1 Å². The molecule has 1 aromatic heterocycles. The van der Waals surface area contributed by atoms with Crippen LogP contribution in [0.15, 0.2) is 5.51 Å². The monoisotopic (exact) mass is 197 g/mol. The van der Waals surface area contributed by atoms with Crippen LogP contribution in [0.3, 0.4) is 0 Å². The number of aromatic nitrogens is 1. The summed E-state index contributed by atoms with van der Waals surface area (Å²) in [5.74, 6) is 0.0162. The topological polar surface area (TPSA) is 50.2 Å². The van der Waals surface area contributed by atoms with E-state index in [4.69, 9.17) is 16.2 Å². The Hall–Kier alpha value is 0.0300. The Labute approximate surface area is 69.3 Å². The molecule has 1 atom stereocenters. The predicted octanol–water partition coefficient (Wildman–Crippen LogP) is 1.52. The molecule has 0 saturated heterocycles. The molecule has 0 bridgehead atoms. The summed E-state index contributed by atoms with van der Waals surface area (Å²) >= 11 is 5.00. The summed E-state index contributed by atoms with van der Waals surface area (Å²) in [6, 6.07) is 0. The number of hydrogen-bond donors (Lipinski definition) is 1. The van der Waals surface area contributed by atoms with Gasteiger partial charge in [-0.2, -0.15) is 0 Å². The van der Waals surface area contributed by atoms with Crippen LogP contribution in [0.4, 0.5) is 0 Å². The van der Waals surface area contributed by atoms with E-state index in [0.29, 0.717) is 10.0 Å². The maximum atomic E-state index is 10.2. The van der Waals surface area contributed by atoms with Crippen LogP contribution < -0.4 is 0 Å². The Bertz CT molecular complexity index is 249. The van der Waals surface area contributed by atoms with Gasteiger partial charge in [-0.3, -0.25) is 0 Å². The van der Waals surface area contributed by atoms with Gasteiger partial charge < -0.3 is 4.55 Å². The quantitative estimate of drug-likeness (QED) is 0.732. The number of rotatable bonds is 2. The zero-order valence-electron chi connectivity index (χ0n) is 4.78. The molecule has 1 rings (SSSR count). The molecule has 1 heterocycles. The molecule has 0 aromatic carbocycles. The van der Waals surface area contributed by atoms with Crippen molar-refractivity contribution in [3.8, 4) is 0 Å².